The Hall–Kier alpha value is -2.17. The van der Waals surface area contributed by atoms with Crippen molar-refractivity contribution in [2.45, 2.75) is 25.7 Å². The maximum absolute atomic E-state index is 12.8. The van der Waals surface area contributed by atoms with Crippen LogP contribution in [0.5, 0.6) is 0 Å². The minimum Gasteiger partial charge on any atom is -0.370 e. The first-order chi connectivity index (χ1) is 12.4. The molecule has 1 fully saturated rings. The molecule has 0 unspecified atom stereocenters. The topological polar surface area (TPSA) is 85.4 Å². The van der Waals surface area contributed by atoms with Crippen LogP contribution in [0, 0.1) is 0 Å². The van der Waals surface area contributed by atoms with Crippen LogP contribution in [0.1, 0.15) is 22.6 Å². The van der Waals surface area contributed by atoms with Crippen molar-refractivity contribution in [2.24, 2.45) is 5.90 Å². The van der Waals surface area contributed by atoms with Gasteiger partial charge in [0, 0.05) is 32.7 Å². The van der Waals surface area contributed by atoms with Crippen molar-refractivity contribution in [3.63, 3.8) is 0 Å². The first kappa shape index (κ1) is 18.6. The highest BCUT2D eigenvalue weighted by atomic mass is 19.4. The van der Waals surface area contributed by atoms with Crippen molar-refractivity contribution in [3.8, 4) is 0 Å². The van der Waals surface area contributed by atoms with Crippen molar-refractivity contribution in [2.75, 3.05) is 26.2 Å². The molecule has 7 nitrogen and oxygen atoms in total. The number of hydrogen-bond donors (Lipinski definition) is 2. The maximum Gasteiger partial charge on any atom is 0.390 e. The van der Waals surface area contributed by atoms with E-state index in [0.717, 1.165) is 26.2 Å². The summed E-state index contributed by atoms with van der Waals surface area (Å²) in [5.74, 6) is 4.69. The summed E-state index contributed by atoms with van der Waals surface area (Å²) in [5.41, 5.74) is 1.16. The number of carbonyl (C=O) groups is 1. The first-order valence-corrected chi connectivity index (χ1v) is 8.27. The lowest BCUT2D eigenvalue weighted by molar-refractivity contribution is -0.136. The predicted molar refractivity (Wildman–Crippen MR) is 88.2 cm³/mol. The average Bonchev–Trinajstić information content (AvgIpc) is 2.95. The minimum atomic E-state index is -4.28. The molecule has 3 N–H and O–H groups in total. The van der Waals surface area contributed by atoms with Gasteiger partial charge in [-0.2, -0.15) is 19.1 Å². The van der Waals surface area contributed by atoms with E-state index in [-0.39, 0.29) is 12.1 Å². The molecule has 0 radical (unpaired) electrons. The van der Waals surface area contributed by atoms with Gasteiger partial charge in [-0.25, -0.2) is 9.78 Å². The lowest BCUT2D eigenvalue weighted by Crippen LogP contribution is -2.43. The Balaban J connectivity index is 1.96. The van der Waals surface area contributed by atoms with E-state index >= 15 is 0 Å². The Labute approximate surface area is 147 Å². The second-order valence-corrected chi connectivity index (χ2v) is 6.18. The van der Waals surface area contributed by atoms with Crippen molar-refractivity contribution in [3.05, 3.63) is 29.6 Å². The third kappa shape index (κ3) is 4.32. The summed E-state index contributed by atoms with van der Waals surface area (Å²) in [6, 6.07) is 4.55. The van der Waals surface area contributed by atoms with Gasteiger partial charge in [0.1, 0.15) is 5.82 Å². The van der Waals surface area contributed by atoms with Crippen LogP contribution in [0.15, 0.2) is 18.2 Å². The van der Waals surface area contributed by atoms with E-state index in [0.29, 0.717) is 23.4 Å². The highest BCUT2D eigenvalue weighted by Gasteiger charge is 2.28. The number of piperazine rings is 1. The number of alkyl halides is 3. The van der Waals surface area contributed by atoms with Crippen LogP contribution < -0.4 is 11.2 Å². The van der Waals surface area contributed by atoms with Crippen LogP contribution in [0.2, 0.25) is 0 Å². The Kier molecular flexibility index (Phi) is 5.44. The molecule has 0 amide bonds. The van der Waals surface area contributed by atoms with Gasteiger partial charge in [0.2, 0.25) is 0 Å². The first-order valence-electron chi connectivity index (χ1n) is 8.27. The van der Waals surface area contributed by atoms with Gasteiger partial charge < -0.3 is 14.7 Å². The van der Waals surface area contributed by atoms with E-state index in [1.54, 1.807) is 6.07 Å². The second kappa shape index (κ2) is 7.60. The highest BCUT2D eigenvalue weighted by molar-refractivity contribution is 5.93. The maximum atomic E-state index is 12.8. The van der Waals surface area contributed by atoms with E-state index < -0.39 is 18.6 Å². The minimum absolute atomic E-state index is 0.168. The molecule has 1 aliphatic heterocycles. The summed E-state index contributed by atoms with van der Waals surface area (Å²) in [6.07, 6.45) is -5.25. The molecule has 0 atom stereocenters. The van der Waals surface area contributed by atoms with Crippen LogP contribution in [0.3, 0.4) is 0 Å². The summed E-state index contributed by atoms with van der Waals surface area (Å²) in [7, 11) is 0. The Morgan fingerprint density at radius 1 is 1.31 bits per heavy atom. The number of aromatic nitrogens is 2. The molecule has 1 aliphatic rings. The molecule has 0 spiro atoms. The molecule has 3 rings (SSSR count). The highest BCUT2D eigenvalue weighted by Crippen LogP contribution is 2.25. The lowest BCUT2D eigenvalue weighted by Gasteiger charge is -2.27. The number of imidazole rings is 1. The predicted octanol–water partition coefficient (Wildman–Crippen LogP) is 1.42. The normalized spacial score (nSPS) is 16.2. The van der Waals surface area contributed by atoms with Crippen LogP contribution in [0.4, 0.5) is 13.2 Å². The quantitative estimate of drug-likeness (QED) is 0.774. The zero-order valence-electron chi connectivity index (χ0n) is 14.1. The van der Waals surface area contributed by atoms with E-state index in [2.05, 4.69) is 20.0 Å². The van der Waals surface area contributed by atoms with Gasteiger partial charge in [0.05, 0.1) is 29.6 Å². The van der Waals surface area contributed by atoms with Gasteiger partial charge in [0.25, 0.3) is 0 Å². The summed E-state index contributed by atoms with van der Waals surface area (Å²) >= 11 is 0. The van der Waals surface area contributed by atoms with Gasteiger partial charge in [-0.3, -0.25) is 4.90 Å². The number of nitrogens with zero attached hydrogens (tertiary/aromatic N) is 3. The standard InChI is InChI=1S/C16H20F3N5O2/c17-16(18,19)3-6-24-13-9-11(15(25)26-20)1-2-12(13)22-14(24)10-23-7-4-21-5-8-23/h1-2,9,21H,3-8,10,20H2. The zero-order valence-corrected chi connectivity index (χ0v) is 14.1. The molecule has 0 saturated carbocycles. The fraction of sp³-hybridized carbons (Fsp3) is 0.500. The molecule has 10 heteroatoms. The summed E-state index contributed by atoms with van der Waals surface area (Å²) in [6.45, 7) is 3.44. The largest absolute Gasteiger partial charge is 0.390 e. The number of carbonyl (C=O) groups excluding carboxylic acids is 1. The summed E-state index contributed by atoms with van der Waals surface area (Å²) in [4.78, 5) is 22.5. The number of fused-ring (bicyclic) bond motifs is 1. The third-order valence-electron chi connectivity index (χ3n) is 4.36. The molecule has 1 saturated heterocycles. The number of aryl methyl sites for hydroxylation is 1. The van der Waals surface area contributed by atoms with Crippen LogP contribution >= 0.6 is 0 Å². The number of nitrogens with two attached hydrogens (primary N) is 1. The molecule has 0 bridgehead atoms. The number of nitrogens with one attached hydrogen (secondary N) is 1. The number of hydrogen-bond acceptors (Lipinski definition) is 6. The fourth-order valence-electron chi connectivity index (χ4n) is 3.05. The Morgan fingerprint density at radius 2 is 2.04 bits per heavy atom. The molecule has 2 aromatic rings. The average molecular weight is 371 g/mol. The molecule has 1 aromatic heterocycles. The lowest BCUT2D eigenvalue weighted by atomic mass is 10.2. The van der Waals surface area contributed by atoms with Gasteiger partial charge in [-0.15, -0.1) is 0 Å². The number of benzene rings is 1. The van der Waals surface area contributed by atoms with E-state index in [1.807, 2.05) is 0 Å². The number of rotatable bonds is 5. The van der Waals surface area contributed by atoms with Crippen molar-refractivity contribution >= 4 is 17.0 Å². The molecule has 142 valence electrons. The van der Waals surface area contributed by atoms with Crippen LogP contribution in [-0.4, -0.2) is 52.8 Å². The second-order valence-electron chi connectivity index (χ2n) is 6.18. The molecule has 2 heterocycles. The molecule has 26 heavy (non-hydrogen) atoms. The molecular weight excluding hydrogens is 351 g/mol. The van der Waals surface area contributed by atoms with Gasteiger partial charge in [-0.1, -0.05) is 0 Å². The summed E-state index contributed by atoms with van der Waals surface area (Å²) < 4.78 is 39.8. The molecular formula is C16H20F3N5O2. The van der Waals surface area contributed by atoms with Gasteiger partial charge >= 0.3 is 12.1 Å². The van der Waals surface area contributed by atoms with Gasteiger partial charge in [0.15, 0.2) is 0 Å². The third-order valence-corrected chi connectivity index (χ3v) is 4.36. The zero-order chi connectivity index (χ0) is 18.7. The van der Waals surface area contributed by atoms with E-state index in [9.17, 15) is 18.0 Å². The molecule has 0 aliphatic carbocycles. The Bertz CT molecular complexity index is 784. The monoisotopic (exact) mass is 371 g/mol. The Morgan fingerprint density at radius 3 is 2.69 bits per heavy atom. The van der Waals surface area contributed by atoms with Crippen LogP contribution in [0.25, 0.3) is 11.0 Å². The summed E-state index contributed by atoms with van der Waals surface area (Å²) in [5, 5.41) is 3.23. The van der Waals surface area contributed by atoms with Crippen molar-refractivity contribution in [1.29, 1.82) is 0 Å². The molecule has 1 aromatic carbocycles. The van der Waals surface area contributed by atoms with Crippen molar-refractivity contribution < 1.29 is 22.8 Å². The van der Waals surface area contributed by atoms with Gasteiger partial charge in [-0.05, 0) is 18.2 Å². The van der Waals surface area contributed by atoms with Crippen molar-refractivity contribution in [1.82, 2.24) is 19.8 Å². The van der Waals surface area contributed by atoms with Crippen LogP contribution in [-0.2, 0) is 17.9 Å². The number of halogens is 3. The smallest absolute Gasteiger partial charge is 0.370 e. The van der Waals surface area contributed by atoms with E-state index in [4.69, 9.17) is 5.90 Å². The SMILES string of the molecule is NOC(=O)c1ccc2nc(CN3CCNCC3)n(CCC(F)(F)F)c2c1. The fourth-order valence-corrected chi connectivity index (χ4v) is 3.05. The van der Waals surface area contributed by atoms with E-state index in [1.165, 1.54) is 16.7 Å².